The average molecular weight is 176 g/mol. The lowest BCUT2D eigenvalue weighted by molar-refractivity contribution is 0.477. The number of nitrogens with zero attached hydrogens (tertiary/aromatic N) is 2. The highest BCUT2D eigenvalue weighted by Gasteiger charge is 2.03. The van der Waals surface area contributed by atoms with Gasteiger partial charge >= 0.3 is 0 Å². The van der Waals surface area contributed by atoms with Crippen molar-refractivity contribution in [2.75, 3.05) is 0 Å². The number of aromatic hydroxyl groups is 1. The number of aryl methyl sites for hydroxylation is 1. The van der Waals surface area contributed by atoms with Crippen molar-refractivity contribution >= 4 is 11.0 Å². The number of fused-ring (bicyclic) bond motifs is 1. The first-order chi connectivity index (χ1) is 6.20. The van der Waals surface area contributed by atoms with Crippen LogP contribution in [0.3, 0.4) is 0 Å². The number of pyridine rings is 2. The van der Waals surface area contributed by atoms with Gasteiger partial charge in [-0.1, -0.05) is 0 Å². The Morgan fingerprint density at radius 2 is 2.15 bits per heavy atom. The Hall–Kier alpha value is -1.84. The van der Waals surface area contributed by atoms with Crippen LogP contribution in [0.2, 0.25) is 0 Å². The van der Waals surface area contributed by atoms with Crippen LogP contribution in [0.25, 0.3) is 11.0 Å². The molecule has 1 N–H and O–H groups in total. The predicted octanol–water partition coefficient (Wildman–Crippen LogP) is 0.639. The lowest BCUT2D eigenvalue weighted by Gasteiger charge is -2.04. The molecule has 13 heavy (non-hydrogen) atoms. The van der Waals surface area contributed by atoms with E-state index in [4.69, 9.17) is 0 Å². The van der Waals surface area contributed by atoms with Crippen LogP contribution < -0.4 is 5.56 Å². The second-order valence-electron chi connectivity index (χ2n) is 2.79. The molecule has 2 rings (SSSR count). The van der Waals surface area contributed by atoms with Gasteiger partial charge in [0.1, 0.15) is 11.3 Å². The van der Waals surface area contributed by atoms with E-state index in [1.165, 1.54) is 22.9 Å². The fourth-order valence-electron chi connectivity index (χ4n) is 1.30. The molecule has 0 atom stereocenters. The van der Waals surface area contributed by atoms with Crippen LogP contribution >= 0.6 is 0 Å². The minimum atomic E-state index is -0.157. The Kier molecular flexibility index (Phi) is 1.55. The van der Waals surface area contributed by atoms with Crippen LogP contribution in [0.5, 0.6) is 5.75 Å². The van der Waals surface area contributed by atoms with Crippen LogP contribution in [0, 0.1) is 0 Å². The molecule has 0 saturated carbocycles. The van der Waals surface area contributed by atoms with Gasteiger partial charge in [0.15, 0.2) is 0 Å². The first-order valence-electron chi connectivity index (χ1n) is 3.84. The molecule has 0 unspecified atom stereocenters. The molecule has 2 aromatic rings. The quantitative estimate of drug-likeness (QED) is 0.640. The molecule has 0 aliphatic heterocycles. The summed E-state index contributed by atoms with van der Waals surface area (Å²) in [6, 6.07) is 4.48. The van der Waals surface area contributed by atoms with Gasteiger partial charge in [0.25, 0.3) is 5.56 Å². The fraction of sp³-hybridized carbons (Fsp3) is 0.111. The molecule has 0 aliphatic rings. The van der Waals surface area contributed by atoms with Gasteiger partial charge in [-0.2, -0.15) is 0 Å². The van der Waals surface area contributed by atoms with E-state index in [9.17, 15) is 9.90 Å². The molecular formula is C9H8N2O2. The molecule has 0 radical (unpaired) electrons. The Labute approximate surface area is 74.1 Å². The van der Waals surface area contributed by atoms with Crippen LogP contribution in [-0.2, 0) is 7.05 Å². The maximum atomic E-state index is 11.2. The van der Waals surface area contributed by atoms with Crippen LogP contribution in [0.15, 0.2) is 29.2 Å². The van der Waals surface area contributed by atoms with Crippen molar-refractivity contribution in [2.45, 2.75) is 0 Å². The summed E-state index contributed by atoms with van der Waals surface area (Å²) in [5.74, 6) is 0.0743. The van der Waals surface area contributed by atoms with Crippen molar-refractivity contribution in [3.63, 3.8) is 0 Å². The van der Waals surface area contributed by atoms with Crippen LogP contribution in [-0.4, -0.2) is 14.7 Å². The highest BCUT2D eigenvalue weighted by atomic mass is 16.3. The molecule has 0 fully saturated rings. The second kappa shape index (κ2) is 2.58. The molecule has 66 valence electrons. The van der Waals surface area contributed by atoms with Crippen molar-refractivity contribution in [1.29, 1.82) is 0 Å². The van der Waals surface area contributed by atoms with Gasteiger partial charge in [-0.15, -0.1) is 0 Å². The Balaban J connectivity index is 3.05. The van der Waals surface area contributed by atoms with E-state index in [-0.39, 0.29) is 11.3 Å². The topological polar surface area (TPSA) is 55.1 Å². The summed E-state index contributed by atoms with van der Waals surface area (Å²) in [5, 5.41) is 9.48. The Bertz CT molecular complexity index is 516. The standard InChI is InChI=1S/C9H8N2O2/c1-11-8(13)3-2-6-9(11)7(12)4-5-10-6/h2-5H,1H3,(H,10,12). The van der Waals surface area contributed by atoms with Crippen LogP contribution in [0.1, 0.15) is 0 Å². The third-order valence-electron chi connectivity index (χ3n) is 1.98. The summed E-state index contributed by atoms with van der Waals surface area (Å²) in [5.41, 5.74) is 0.924. The summed E-state index contributed by atoms with van der Waals surface area (Å²) in [4.78, 5) is 15.2. The first kappa shape index (κ1) is 7.79. The molecular weight excluding hydrogens is 168 g/mol. The van der Waals surface area contributed by atoms with Gasteiger partial charge < -0.3 is 9.67 Å². The predicted molar refractivity (Wildman–Crippen MR) is 48.6 cm³/mol. The largest absolute Gasteiger partial charge is 0.506 e. The van der Waals surface area contributed by atoms with Crippen molar-refractivity contribution in [3.05, 3.63) is 34.7 Å². The maximum absolute atomic E-state index is 11.2. The third-order valence-corrected chi connectivity index (χ3v) is 1.98. The number of hydrogen-bond donors (Lipinski definition) is 1. The molecule has 2 heterocycles. The molecule has 4 nitrogen and oxygen atoms in total. The molecule has 0 amide bonds. The Morgan fingerprint density at radius 1 is 1.38 bits per heavy atom. The number of aromatic nitrogens is 2. The lowest BCUT2D eigenvalue weighted by Crippen LogP contribution is -2.15. The van der Waals surface area contributed by atoms with Crippen LogP contribution in [0.4, 0.5) is 0 Å². The highest BCUT2D eigenvalue weighted by Crippen LogP contribution is 2.19. The van der Waals surface area contributed by atoms with Gasteiger partial charge in [-0.3, -0.25) is 9.78 Å². The summed E-state index contributed by atoms with van der Waals surface area (Å²) in [7, 11) is 1.60. The SMILES string of the molecule is Cn1c(=O)ccc2nccc(O)c21. The molecule has 2 aromatic heterocycles. The van der Waals surface area contributed by atoms with Crippen molar-refractivity contribution in [1.82, 2.24) is 9.55 Å². The average Bonchev–Trinajstić information content (AvgIpc) is 2.12. The van der Waals surface area contributed by atoms with E-state index < -0.39 is 0 Å². The van der Waals surface area contributed by atoms with E-state index in [2.05, 4.69) is 4.98 Å². The zero-order chi connectivity index (χ0) is 9.42. The van der Waals surface area contributed by atoms with Crippen molar-refractivity contribution in [2.24, 2.45) is 7.05 Å². The molecule has 0 bridgehead atoms. The van der Waals surface area contributed by atoms with Crippen molar-refractivity contribution in [3.8, 4) is 5.75 Å². The zero-order valence-corrected chi connectivity index (χ0v) is 7.06. The second-order valence-corrected chi connectivity index (χ2v) is 2.79. The lowest BCUT2D eigenvalue weighted by atomic mass is 10.3. The van der Waals surface area contributed by atoms with E-state index >= 15 is 0 Å². The minimum Gasteiger partial charge on any atom is -0.506 e. The van der Waals surface area contributed by atoms with E-state index in [0.29, 0.717) is 11.0 Å². The molecule has 0 aliphatic carbocycles. The molecule has 0 aromatic carbocycles. The fourth-order valence-corrected chi connectivity index (χ4v) is 1.30. The summed E-state index contributed by atoms with van der Waals surface area (Å²) in [6.45, 7) is 0. The maximum Gasteiger partial charge on any atom is 0.250 e. The van der Waals surface area contributed by atoms with E-state index in [1.807, 2.05) is 0 Å². The van der Waals surface area contributed by atoms with Gasteiger partial charge in [0, 0.05) is 25.4 Å². The zero-order valence-electron chi connectivity index (χ0n) is 7.06. The number of rotatable bonds is 0. The van der Waals surface area contributed by atoms with Gasteiger partial charge in [-0.25, -0.2) is 0 Å². The van der Waals surface area contributed by atoms with Crippen molar-refractivity contribution < 1.29 is 5.11 Å². The normalized spacial score (nSPS) is 10.5. The number of hydrogen-bond acceptors (Lipinski definition) is 3. The third kappa shape index (κ3) is 1.07. The van der Waals surface area contributed by atoms with Gasteiger partial charge in [0.05, 0.1) is 5.52 Å². The highest BCUT2D eigenvalue weighted by molar-refractivity contribution is 5.80. The smallest absolute Gasteiger partial charge is 0.250 e. The summed E-state index contributed by atoms with van der Waals surface area (Å²) >= 11 is 0. The van der Waals surface area contributed by atoms with Gasteiger partial charge in [0.2, 0.25) is 0 Å². The first-order valence-corrected chi connectivity index (χ1v) is 3.84. The summed E-state index contributed by atoms with van der Waals surface area (Å²) in [6.07, 6.45) is 1.50. The molecule has 0 saturated heterocycles. The Morgan fingerprint density at radius 3 is 2.92 bits per heavy atom. The summed E-state index contributed by atoms with van der Waals surface area (Å²) < 4.78 is 1.37. The van der Waals surface area contributed by atoms with E-state index in [1.54, 1.807) is 13.1 Å². The van der Waals surface area contributed by atoms with E-state index in [0.717, 1.165) is 0 Å². The molecule has 4 heteroatoms. The monoisotopic (exact) mass is 176 g/mol. The minimum absolute atomic E-state index is 0.0743. The van der Waals surface area contributed by atoms with Gasteiger partial charge in [-0.05, 0) is 6.07 Å². The molecule has 0 spiro atoms.